The molecule has 124 valence electrons. The van der Waals surface area contributed by atoms with Gasteiger partial charge in [-0.25, -0.2) is 0 Å². The number of ether oxygens (including phenoxy) is 1. The molecule has 0 radical (unpaired) electrons. The normalized spacial score (nSPS) is 24.8. The Bertz CT molecular complexity index is 435. The molecule has 0 unspecified atom stereocenters. The number of benzene rings is 1. The van der Waals surface area contributed by atoms with Gasteiger partial charge >= 0.3 is 0 Å². The molecule has 1 fully saturated rings. The fraction of sp³-hybridized carbons (Fsp3) is 0.684. The minimum atomic E-state index is -0.512. The highest BCUT2D eigenvalue weighted by Gasteiger charge is 2.32. The van der Waals surface area contributed by atoms with Crippen LogP contribution in [0.25, 0.3) is 0 Å². The molecule has 0 bridgehead atoms. The molecule has 1 aliphatic rings. The number of unbranched alkanes of at least 4 members (excludes halogenated alkanes) is 4. The Kier molecular flexibility index (Phi) is 7.37. The van der Waals surface area contributed by atoms with Crippen molar-refractivity contribution in [2.75, 3.05) is 6.61 Å². The number of nitrogens with two attached hydrogens (primary N) is 1. The van der Waals surface area contributed by atoms with Crippen LogP contribution in [0.4, 0.5) is 0 Å². The molecule has 22 heavy (non-hydrogen) atoms. The smallest absolute Gasteiger partial charge is 0.0974 e. The fourth-order valence-corrected chi connectivity index (χ4v) is 3.14. The predicted molar refractivity (Wildman–Crippen MR) is 90.9 cm³/mol. The van der Waals surface area contributed by atoms with Crippen LogP contribution >= 0.6 is 0 Å². The molecule has 3 nitrogen and oxygen atoms in total. The number of aliphatic hydroxyl groups excluding tert-OH is 1. The Morgan fingerprint density at radius 1 is 1.14 bits per heavy atom. The van der Waals surface area contributed by atoms with Gasteiger partial charge in [0.15, 0.2) is 0 Å². The number of rotatable bonds is 9. The van der Waals surface area contributed by atoms with E-state index in [4.69, 9.17) is 10.5 Å². The van der Waals surface area contributed by atoms with Crippen LogP contribution in [0.15, 0.2) is 24.3 Å². The van der Waals surface area contributed by atoms with E-state index in [-0.39, 0.29) is 12.1 Å². The first-order chi connectivity index (χ1) is 10.7. The van der Waals surface area contributed by atoms with Crippen LogP contribution in [0.1, 0.15) is 56.6 Å². The Labute approximate surface area is 134 Å². The number of aliphatic hydroxyl groups is 1. The van der Waals surface area contributed by atoms with Crippen molar-refractivity contribution in [3.05, 3.63) is 35.4 Å². The molecule has 0 aliphatic carbocycles. The molecule has 3 heteroatoms. The molecule has 0 aromatic heterocycles. The second kappa shape index (κ2) is 9.29. The molecule has 3 atom stereocenters. The van der Waals surface area contributed by atoms with E-state index >= 15 is 0 Å². The van der Waals surface area contributed by atoms with Crippen LogP contribution in [0, 0.1) is 0 Å². The van der Waals surface area contributed by atoms with Crippen molar-refractivity contribution in [1.29, 1.82) is 0 Å². The van der Waals surface area contributed by atoms with Gasteiger partial charge in [-0.1, -0.05) is 56.9 Å². The van der Waals surface area contributed by atoms with E-state index in [1.165, 1.54) is 49.7 Å². The largest absolute Gasteiger partial charge is 0.389 e. The van der Waals surface area contributed by atoms with Gasteiger partial charge in [-0.3, -0.25) is 0 Å². The van der Waals surface area contributed by atoms with Crippen LogP contribution in [-0.4, -0.2) is 30.0 Å². The maximum absolute atomic E-state index is 9.93. The molecule has 1 heterocycles. The van der Waals surface area contributed by atoms with Crippen LogP contribution < -0.4 is 5.73 Å². The lowest BCUT2D eigenvalue weighted by Gasteiger charge is -2.15. The molecule has 0 saturated carbocycles. The summed E-state index contributed by atoms with van der Waals surface area (Å²) in [5.74, 6) is 0. The Morgan fingerprint density at radius 3 is 2.55 bits per heavy atom. The highest BCUT2D eigenvalue weighted by Crippen LogP contribution is 2.19. The van der Waals surface area contributed by atoms with Gasteiger partial charge in [0, 0.05) is 0 Å². The van der Waals surface area contributed by atoms with Crippen molar-refractivity contribution in [2.24, 2.45) is 5.73 Å². The van der Waals surface area contributed by atoms with E-state index in [2.05, 4.69) is 31.2 Å². The van der Waals surface area contributed by atoms with Crippen LogP contribution in [-0.2, 0) is 17.6 Å². The van der Waals surface area contributed by atoms with E-state index in [0.717, 1.165) is 12.8 Å². The summed E-state index contributed by atoms with van der Waals surface area (Å²) in [6, 6.07) is 8.62. The first-order valence-electron chi connectivity index (χ1n) is 8.83. The quantitative estimate of drug-likeness (QED) is 0.689. The van der Waals surface area contributed by atoms with Gasteiger partial charge in [0.05, 0.1) is 24.9 Å². The van der Waals surface area contributed by atoms with Gasteiger partial charge in [0.25, 0.3) is 0 Å². The zero-order chi connectivity index (χ0) is 15.8. The average molecular weight is 305 g/mol. The van der Waals surface area contributed by atoms with E-state index in [1.54, 1.807) is 0 Å². The monoisotopic (exact) mass is 305 g/mol. The topological polar surface area (TPSA) is 55.5 Å². The van der Waals surface area contributed by atoms with E-state index in [1.807, 2.05) is 0 Å². The van der Waals surface area contributed by atoms with Gasteiger partial charge in [0.2, 0.25) is 0 Å². The lowest BCUT2D eigenvalue weighted by atomic mass is 9.99. The lowest BCUT2D eigenvalue weighted by Crippen LogP contribution is -2.36. The molecule has 3 N–H and O–H groups in total. The van der Waals surface area contributed by atoms with Crippen molar-refractivity contribution < 1.29 is 9.84 Å². The van der Waals surface area contributed by atoms with Crippen molar-refractivity contribution >= 4 is 0 Å². The first kappa shape index (κ1) is 17.5. The summed E-state index contributed by atoms with van der Waals surface area (Å²) >= 11 is 0. The number of hydrogen-bond donors (Lipinski definition) is 2. The van der Waals surface area contributed by atoms with Crippen molar-refractivity contribution in [1.82, 2.24) is 0 Å². The minimum Gasteiger partial charge on any atom is -0.389 e. The summed E-state index contributed by atoms with van der Waals surface area (Å²) in [6.07, 6.45) is 8.96. The summed E-state index contributed by atoms with van der Waals surface area (Å²) in [4.78, 5) is 0. The summed E-state index contributed by atoms with van der Waals surface area (Å²) in [7, 11) is 0. The third-order valence-electron chi connectivity index (χ3n) is 4.60. The molecule has 1 aromatic carbocycles. The molecule has 0 amide bonds. The highest BCUT2D eigenvalue weighted by atomic mass is 16.5. The van der Waals surface area contributed by atoms with E-state index < -0.39 is 6.10 Å². The molecule has 1 aromatic rings. The van der Waals surface area contributed by atoms with Crippen molar-refractivity contribution in [3.63, 3.8) is 0 Å². The average Bonchev–Trinajstić information content (AvgIpc) is 2.85. The zero-order valence-electron chi connectivity index (χ0n) is 13.8. The summed E-state index contributed by atoms with van der Waals surface area (Å²) in [5, 5.41) is 9.93. The van der Waals surface area contributed by atoms with Crippen LogP contribution in [0.5, 0.6) is 0 Å². The molecular weight excluding hydrogens is 274 g/mol. The maximum atomic E-state index is 9.93. The van der Waals surface area contributed by atoms with Gasteiger partial charge in [0.1, 0.15) is 0 Å². The lowest BCUT2D eigenvalue weighted by molar-refractivity contribution is 0.0362. The van der Waals surface area contributed by atoms with Crippen LogP contribution in [0.2, 0.25) is 0 Å². The Hall–Kier alpha value is -0.900. The van der Waals surface area contributed by atoms with Crippen LogP contribution in [0.3, 0.4) is 0 Å². The molecule has 0 spiro atoms. The summed E-state index contributed by atoms with van der Waals surface area (Å²) < 4.78 is 5.56. The van der Waals surface area contributed by atoms with Gasteiger partial charge in [-0.2, -0.15) is 0 Å². The Balaban J connectivity index is 1.74. The van der Waals surface area contributed by atoms with Gasteiger partial charge < -0.3 is 15.6 Å². The number of hydrogen-bond acceptors (Lipinski definition) is 3. The third-order valence-corrected chi connectivity index (χ3v) is 4.60. The predicted octanol–water partition coefficient (Wildman–Crippen LogP) is 3.22. The van der Waals surface area contributed by atoms with E-state index in [9.17, 15) is 5.11 Å². The van der Waals surface area contributed by atoms with Crippen molar-refractivity contribution in [3.8, 4) is 0 Å². The van der Waals surface area contributed by atoms with Gasteiger partial charge in [-0.05, 0) is 36.8 Å². The van der Waals surface area contributed by atoms with Gasteiger partial charge in [-0.15, -0.1) is 0 Å². The zero-order valence-corrected chi connectivity index (χ0v) is 13.8. The third kappa shape index (κ3) is 5.38. The van der Waals surface area contributed by atoms with E-state index in [0.29, 0.717) is 6.61 Å². The second-order valence-electron chi connectivity index (χ2n) is 6.55. The molecule has 1 aliphatic heterocycles. The SMILES string of the molecule is CCCCCCCc1cccc(CC[C@@H]2OC[C@@H](N)[C@@H]2O)c1. The molecule has 2 rings (SSSR count). The molecule has 1 saturated heterocycles. The van der Waals surface area contributed by atoms with Crippen molar-refractivity contribution in [2.45, 2.75) is 76.5 Å². The maximum Gasteiger partial charge on any atom is 0.0974 e. The number of aryl methyl sites for hydroxylation is 2. The minimum absolute atomic E-state index is 0.104. The second-order valence-corrected chi connectivity index (χ2v) is 6.55. The summed E-state index contributed by atoms with van der Waals surface area (Å²) in [6.45, 7) is 2.73. The summed E-state index contributed by atoms with van der Waals surface area (Å²) in [5.41, 5.74) is 8.54. The highest BCUT2D eigenvalue weighted by molar-refractivity contribution is 5.23. The fourth-order valence-electron chi connectivity index (χ4n) is 3.14. The Morgan fingerprint density at radius 2 is 1.86 bits per heavy atom. The standard InChI is InChI=1S/C19H31NO2/c1-2-3-4-5-6-8-15-9-7-10-16(13-15)11-12-18-19(21)17(20)14-22-18/h7,9-10,13,17-19,21H,2-6,8,11-12,14,20H2,1H3/t17-,18+,19+/m1/s1. The first-order valence-corrected chi connectivity index (χ1v) is 8.83. The molecular formula is C19H31NO2.